The highest BCUT2D eigenvalue weighted by Crippen LogP contribution is 2.36. The number of carbonyl (C=O) groups is 1. The standard InChI is InChI=1S/C22H17N3O3S/c26-18-7-6-16(12-19(18)27)13-20-21(28)25(14-15-8-10-23-11-9-15)22(29-20)24-17-4-2-1-3-5-17/h1-13,26-27H,14H2/b20-13+,24-22?. The number of amides is 1. The third-order valence-corrected chi connectivity index (χ3v) is 5.26. The summed E-state index contributed by atoms with van der Waals surface area (Å²) in [7, 11) is 0. The summed E-state index contributed by atoms with van der Waals surface area (Å²) in [4.78, 5) is 23.9. The third kappa shape index (κ3) is 4.30. The maximum absolute atomic E-state index is 13.1. The van der Waals surface area contributed by atoms with E-state index in [1.165, 1.54) is 23.9 Å². The van der Waals surface area contributed by atoms with Gasteiger partial charge in [0.15, 0.2) is 16.7 Å². The highest BCUT2D eigenvalue weighted by molar-refractivity contribution is 8.18. The molecule has 2 N–H and O–H groups in total. The molecule has 1 aliphatic rings. The molecule has 0 atom stereocenters. The number of phenols is 2. The first-order chi connectivity index (χ1) is 14.1. The lowest BCUT2D eigenvalue weighted by molar-refractivity contribution is -0.122. The lowest BCUT2D eigenvalue weighted by atomic mass is 10.2. The number of para-hydroxylation sites is 1. The Bertz CT molecular complexity index is 1100. The Balaban J connectivity index is 1.70. The topological polar surface area (TPSA) is 86.0 Å². The van der Waals surface area contributed by atoms with E-state index in [4.69, 9.17) is 0 Å². The van der Waals surface area contributed by atoms with Crippen LogP contribution in [0.5, 0.6) is 11.5 Å². The van der Waals surface area contributed by atoms with E-state index in [0.29, 0.717) is 22.2 Å². The van der Waals surface area contributed by atoms with E-state index in [0.717, 1.165) is 11.3 Å². The Labute approximate surface area is 171 Å². The molecule has 3 aromatic rings. The summed E-state index contributed by atoms with van der Waals surface area (Å²) in [6.07, 6.45) is 5.05. The van der Waals surface area contributed by atoms with Crippen molar-refractivity contribution in [2.75, 3.05) is 0 Å². The smallest absolute Gasteiger partial charge is 0.267 e. The number of carbonyl (C=O) groups excluding carboxylic acids is 1. The van der Waals surface area contributed by atoms with Crippen molar-refractivity contribution in [3.63, 3.8) is 0 Å². The fourth-order valence-electron chi connectivity index (χ4n) is 2.80. The Kier molecular flexibility index (Phi) is 5.31. The summed E-state index contributed by atoms with van der Waals surface area (Å²) in [5.41, 5.74) is 2.31. The largest absolute Gasteiger partial charge is 0.504 e. The number of pyridine rings is 1. The average molecular weight is 403 g/mol. The normalized spacial score (nSPS) is 16.7. The second kappa shape index (κ2) is 8.20. The van der Waals surface area contributed by atoms with Crippen molar-refractivity contribution < 1.29 is 15.0 Å². The molecule has 144 valence electrons. The number of aliphatic imine (C=N–C) groups is 1. The molecular formula is C22H17N3O3S. The molecule has 1 amide bonds. The van der Waals surface area contributed by atoms with Gasteiger partial charge in [0, 0.05) is 12.4 Å². The van der Waals surface area contributed by atoms with Crippen LogP contribution in [-0.2, 0) is 11.3 Å². The second-order valence-corrected chi connectivity index (χ2v) is 7.34. The molecule has 1 aliphatic heterocycles. The molecule has 1 fully saturated rings. The molecule has 0 radical (unpaired) electrons. The van der Waals surface area contributed by atoms with E-state index in [-0.39, 0.29) is 17.4 Å². The van der Waals surface area contributed by atoms with Gasteiger partial charge >= 0.3 is 0 Å². The summed E-state index contributed by atoms with van der Waals surface area (Å²) in [6.45, 7) is 0.373. The van der Waals surface area contributed by atoms with Crippen LogP contribution in [0.2, 0.25) is 0 Å². The summed E-state index contributed by atoms with van der Waals surface area (Å²) >= 11 is 1.27. The van der Waals surface area contributed by atoms with E-state index < -0.39 is 0 Å². The highest BCUT2D eigenvalue weighted by Gasteiger charge is 2.33. The van der Waals surface area contributed by atoms with Gasteiger partial charge in [-0.05, 0) is 65.4 Å². The van der Waals surface area contributed by atoms with E-state index in [1.54, 1.807) is 29.4 Å². The molecule has 29 heavy (non-hydrogen) atoms. The maximum atomic E-state index is 13.1. The number of phenolic OH excluding ortho intramolecular Hbond substituents is 2. The number of aromatic hydroxyl groups is 2. The zero-order chi connectivity index (χ0) is 20.2. The van der Waals surface area contributed by atoms with Crippen LogP contribution in [0.15, 0.2) is 83.0 Å². The lowest BCUT2D eigenvalue weighted by Gasteiger charge is -2.15. The number of nitrogens with zero attached hydrogens (tertiary/aromatic N) is 3. The molecule has 0 bridgehead atoms. The van der Waals surface area contributed by atoms with E-state index >= 15 is 0 Å². The quantitative estimate of drug-likeness (QED) is 0.501. The van der Waals surface area contributed by atoms with Gasteiger partial charge in [-0.25, -0.2) is 4.99 Å². The Morgan fingerprint density at radius 3 is 2.48 bits per heavy atom. The first kappa shape index (κ1) is 18.8. The van der Waals surface area contributed by atoms with E-state index in [2.05, 4.69) is 9.98 Å². The SMILES string of the molecule is O=C1/C(=C\c2ccc(O)c(O)c2)SC(=Nc2ccccc2)N1Cc1ccncc1. The number of hydrogen-bond acceptors (Lipinski definition) is 6. The highest BCUT2D eigenvalue weighted by atomic mass is 32.2. The Morgan fingerprint density at radius 2 is 1.76 bits per heavy atom. The molecule has 0 unspecified atom stereocenters. The average Bonchev–Trinajstić information content (AvgIpc) is 3.01. The zero-order valence-electron chi connectivity index (χ0n) is 15.3. The molecule has 0 saturated carbocycles. The van der Waals surface area contributed by atoms with Gasteiger partial charge in [0.1, 0.15) is 0 Å². The number of amidine groups is 1. The van der Waals surface area contributed by atoms with Crippen LogP contribution >= 0.6 is 11.8 Å². The lowest BCUT2D eigenvalue weighted by Crippen LogP contribution is -2.28. The van der Waals surface area contributed by atoms with Crippen molar-refractivity contribution in [3.05, 3.63) is 89.1 Å². The number of hydrogen-bond donors (Lipinski definition) is 2. The summed E-state index contributed by atoms with van der Waals surface area (Å²) in [5.74, 6) is -0.612. The van der Waals surface area contributed by atoms with E-state index in [1.807, 2.05) is 42.5 Å². The molecular weight excluding hydrogens is 386 g/mol. The number of benzene rings is 2. The van der Waals surface area contributed by atoms with Crippen molar-refractivity contribution in [1.29, 1.82) is 0 Å². The predicted octanol–water partition coefficient (Wildman–Crippen LogP) is 4.30. The summed E-state index contributed by atoms with van der Waals surface area (Å²) in [5, 5.41) is 19.8. The molecule has 4 rings (SSSR count). The minimum Gasteiger partial charge on any atom is -0.504 e. The van der Waals surface area contributed by atoms with Crippen LogP contribution in [-0.4, -0.2) is 31.2 Å². The van der Waals surface area contributed by atoms with Gasteiger partial charge in [-0.15, -0.1) is 0 Å². The van der Waals surface area contributed by atoms with Crippen LogP contribution in [0.25, 0.3) is 6.08 Å². The minimum absolute atomic E-state index is 0.172. The van der Waals surface area contributed by atoms with E-state index in [9.17, 15) is 15.0 Å². The molecule has 0 aliphatic carbocycles. The van der Waals surface area contributed by atoms with Crippen LogP contribution in [0.4, 0.5) is 5.69 Å². The van der Waals surface area contributed by atoms with Crippen LogP contribution in [0.1, 0.15) is 11.1 Å². The van der Waals surface area contributed by atoms with Gasteiger partial charge in [0.25, 0.3) is 5.91 Å². The Morgan fingerprint density at radius 1 is 1.00 bits per heavy atom. The molecule has 2 heterocycles. The third-order valence-electron chi connectivity index (χ3n) is 4.26. The first-order valence-corrected chi connectivity index (χ1v) is 9.68. The van der Waals surface area contributed by atoms with Crippen molar-refractivity contribution in [3.8, 4) is 11.5 Å². The van der Waals surface area contributed by atoms with Gasteiger partial charge < -0.3 is 10.2 Å². The van der Waals surface area contributed by atoms with Gasteiger partial charge in [0.2, 0.25) is 0 Å². The summed E-state index contributed by atoms with van der Waals surface area (Å²) < 4.78 is 0. The van der Waals surface area contributed by atoms with Gasteiger partial charge in [-0.3, -0.25) is 14.7 Å². The molecule has 2 aromatic carbocycles. The number of aromatic nitrogens is 1. The van der Waals surface area contributed by atoms with Crippen molar-refractivity contribution in [2.45, 2.75) is 6.54 Å². The van der Waals surface area contributed by atoms with Crippen LogP contribution in [0.3, 0.4) is 0 Å². The minimum atomic E-state index is -0.235. The molecule has 6 nitrogen and oxygen atoms in total. The summed E-state index contributed by atoms with van der Waals surface area (Å²) in [6, 6.07) is 17.6. The number of thioether (sulfide) groups is 1. The van der Waals surface area contributed by atoms with Gasteiger partial charge in [0.05, 0.1) is 17.1 Å². The first-order valence-electron chi connectivity index (χ1n) is 8.86. The monoisotopic (exact) mass is 403 g/mol. The van der Waals surface area contributed by atoms with Crippen molar-refractivity contribution >= 4 is 34.6 Å². The number of rotatable bonds is 4. The predicted molar refractivity (Wildman–Crippen MR) is 114 cm³/mol. The van der Waals surface area contributed by atoms with Crippen molar-refractivity contribution in [1.82, 2.24) is 9.88 Å². The van der Waals surface area contributed by atoms with Crippen LogP contribution < -0.4 is 0 Å². The fraction of sp³-hybridized carbons (Fsp3) is 0.0455. The molecule has 1 aromatic heterocycles. The van der Waals surface area contributed by atoms with Crippen LogP contribution in [0, 0.1) is 0 Å². The van der Waals surface area contributed by atoms with Crippen molar-refractivity contribution in [2.24, 2.45) is 4.99 Å². The fourth-order valence-corrected chi connectivity index (χ4v) is 3.79. The second-order valence-electron chi connectivity index (χ2n) is 6.34. The molecule has 7 heteroatoms. The molecule has 1 saturated heterocycles. The van der Waals surface area contributed by atoms with Gasteiger partial charge in [-0.1, -0.05) is 24.3 Å². The molecule has 0 spiro atoms. The van der Waals surface area contributed by atoms with Gasteiger partial charge in [-0.2, -0.15) is 0 Å². The zero-order valence-corrected chi connectivity index (χ0v) is 16.1. The maximum Gasteiger partial charge on any atom is 0.267 e. The Hall–Kier alpha value is -3.58.